The van der Waals surface area contributed by atoms with Crippen LogP contribution < -0.4 is 11.3 Å². The van der Waals surface area contributed by atoms with Crippen LogP contribution in [-0.2, 0) is 4.75 Å². The zero-order chi connectivity index (χ0) is 10.8. The number of aryl methyl sites for hydroxylation is 1. The summed E-state index contributed by atoms with van der Waals surface area (Å²) in [5, 5.41) is 0. The fraction of sp³-hybridized carbons (Fsp3) is 0.556. The molecule has 0 amide bonds. The van der Waals surface area contributed by atoms with Crippen molar-refractivity contribution in [3.05, 3.63) is 17.6 Å². The predicted octanol–water partition coefficient (Wildman–Crippen LogP) is 1.67. The van der Waals surface area contributed by atoms with Crippen molar-refractivity contribution in [1.82, 2.24) is 9.97 Å². The van der Waals surface area contributed by atoms with E-state index in [1.807, 2.05) is 19.2 Å². The van der Waals surface area contributed by atoms with Crippen LogP contribution in [0, 0.1) is 6.92 Å². The Labute approximate surface area is 88.7 Å². The second-order valence-corrected chi connectivity index (χ2v) is 5.01. The molecule has 1 aromatic rings. The van der Waals surface area contributed by atoms with Gasteiger partial charge < -0.3 is 5.43 Å². The summed E-state index contributed by atoms with van der Waals surface area (Å²) in [6, 6.07) is 1.82. The molecule has 1 aromatic heterocycles. The highest BCUT2D eigenvalue weighted by Gasteiger charge is 2.23. The summed E-state index contributed by atoms with van der Waals surface area (Å²) in [4.78, 5) is 8.72. The largest absolute Gasteiger partial charge is 0.308 e. The average molecular weight is 212 g/mol. The first-order valence-electron chi connectivity index (χ1n) is 4.37. The Morgan fingerprint density at radius 3 is 2.57 bits per heavy atom. The Morgan fingerprint density at radius 1 is 1.43 bits per heavy atom. The van der Waals surface area contributed by atoms with Gasteiger partial charge in [0.25, 0.3) is 0 Å². The molecule has 5 heteroatoms. The van der Waals surface area contributed by atoms with E-state index in [-0.39, 0.29) is 4.75 Å². The van der Waals surface area contributed by atoms with E-state index < -0.39 is 0 Å². The first kappa shape index (κ1) is 11.3. The lowest BCUT2D eigenvalue weighted by atomic mass is 10.2. The van der Waals surface area contributed by atoms with Crippen molar-refractivity contribution in [1.29, 1.82) is 0 Å². The van der Waals surface area contributed by atoms with Gasteiger partial charge in [-0.15, -0.1) is 0 Å². The first-order valence-corrected chi connectivity index (χ1v) is 5.60. The quantitative estimate of drug-likeness (QED) is 0.589. The van der Waals surface area contributed by atoms with Crippen molar-refractivity contribution in [3.63, 3.8) is 0 Å². The SMILES string of the molecule is CSC(C)(C)c1nc(C)cc(NN)n1. The Bertz CT molecular complexity index is 325. The summed E-state index contributed by atoms with van der Waals surface area (Å²) < 4.78 is -0.0857. The Hall–Kier alpha value is -0.810. The van der Waals surface area contributed by atoms with Gasteiger partial charge in [0.05, 0.1) is 4.75 Å². The molecule has 1 rings (SSSR count). The van der Waals surface area contributed by atoms with Crippen molar-refractivity contribution >= 4 is 17.6 Å². The topological polar surface area (TPSA) is 63.8 Å². The molecular formula is C9H16N4S. The van der Waals surface area contributed by atoms with E-state index in [9.17, 15) is 0 Å². The normalized spacial score (nSPS) is 11.5. The standard InChI is InChI=1S/C9H16N4S/c1-6-5-7(13-10)12-8(11-6)9(2,3)14-4/h5H,10H2,1-4H3,(H,11,12,13). The molecule has 4 nitrogen and oxygen atoms in total. The molecule has 0 unspecified atom stereocenters. The molecule has 0 aliphatic carbocycles. The third kappa shape index (κ3) is 2.36. The molecule has 0 bridgehead atoms. The van der Waals surface area contributed by atoms with Crippen LogP contribution in [0.4, 0.5) is 5.82 Å². The molecule has 0 aliphatic rings. The van der Waals surface area contributed by atoms with Gasteiger partial charge in [0, 0.05) is 11.8 Å². The Morgan fingerprint density at radius 2 is 2.07 bits per heavy atom. The lowest BCUT2D eigenvalue weighted by Gasteiger charge is -2.20. The molecule has 0 radical (unpaired) electrons. The summed E-state index contributed by atoms with van der Waals surface area (Å²) in [5.74, 6) is 6.79. The van der Waals surface area contributed by atoms with Crippen LogP contribution in [0.5, 0.6) is 0 Å². The zero-order valence-electron chi connectivity index (χ0n) is 8.96. The van der Waals surface area contributed by atoms with Crippen LogP contribution in [0.2, 0.25) is 0 Å². The molecule has 0 spiro atoms. The molecule has 0 aromatic carbocycles. The van der Waals surface area contributed by atoms with Crippen LogP contribution in [0.1, 0.15) is 25.4 Å². The van der Waals surface area contributed by atoms with Gasteiger partial charge in [-0.05, 0) is 27.0 Å². The number of hydrogen-bond acceptors (Lipinski definition) is 5. The summed E-state index contributed by atoms with van der Waals surface area (Å²) in [6.45, 7) is 6.11. The zero-order valence-corrected chi connectivity index (χ0v) is 9.77. The van der Waals surface area contributed by atoms with Crippen LogP contribution in [0.25, 0.3) is 0 Å². The number of hydrogen-bond donors (Lipinski definition) is 2. The molecule has 3 N–H and O–H groups in total. The number of rotatable bonds is 3. The van der Waals surface area contributed by atoms with Crippen molar-refractivity contribution < 1.29 is 0 Å². The highest BCUT2D eigenvalue weighted by molar-refractivity contribution is 7.99. The number of nitrogens with two attached hydrogens (primary N) is 1. The summed E-state index contributed by atoms with van der Waals surface area (Å²) in [7, 11) is 0. The van der Waals surface area contributed by atoms with E-state index >= 15 is 0 Å². The van der Waals surface area contributed by atoms with Gasteiger partial charge in [-0.2, -0.15) is 11.8 Å². The van der Waals surface area contributed by atoms with Gasteiger partial charge >= 0.3 is 0 Å². The minimum Gasteiger partial charge on any atom is -0.308 e. The van der Waals surface area contributed by atoms with Crippen molar-refractivity contribution in [3.8, 4) is 0 Å². The van der Waals surface area contributed by atoms with E-state index in [4.69, 9.17) is 5.84 Å². The monoisotopic (exact) mass is 212 g/mol. The predicted molar refractivity (Wildman–Crippen MR) is 61.1 cm³/mol. The first-order chi connectivity index (χ1) is 6.49. The maximum atomic E-state index is 5.33. The Kier molecular flexibility index (Phi) is 3.34. The van der Waals surface area contributed by atoms with E-state index in [1.54, 1.807) is 11.8 Å². The molecule has 0 saturated heterocycles. The van der Waals surface area contributed by atoms with E-state index in [1.165, 1.54) is 0 Å². The minimum atomic E-state index is -0.0857. The van der Waals surface area contributed by atoms with Crippen molar-refractivity contribution in [2.45, 2.75) is 25.5 Å². The Balaban J connectivity index is 3.15. The second kappa shape index (κ2) is 4.14. The van der Waals surface area contributed by atoms with E-state index in [0.717, 1.165) is 11.5 Å². The number of aromatic nitrogens is 2. The number of anilines is 1. The lowest BCUT2D eigenvalue weighted by Crippen LogP contribution is -2.19. The molecule has 14 heavy (non-hydrogen) atoms. The molecule has 0 fully saturated rings. The third-order valence-electron chi connectivity index (χ3n) is 2.05. The fourth-order valence-corrected chi connectivity index (χ4v) is 1.28. The van der Waals surface area contributed by atoms with Gasteiger partial charge in [-0.3, -0.25) is 0 Å². The molecule has 0 aliphatic heterocycles. The van der Waals surface area contributed by atoms with Gasteiger partial charge in [0.15, 0.2) is 0 Å². The number of hydrazine groups is 1. The molecule has 0 saturated carbocycles. The summed E-state index contributed by atoms with van der Waals surface area (Å²) in [6.07, 6.45) is 2.04. The highest BCUT2D eigenvalue weighted by Crippen LogP contribution is 2.31. The van der Waals surface area contributed by atoms with Crippen molar-refractivity contribution in [2.75, 3.05) is 11.7 Å². The van der Waals surface area contributed by atoms with Gasteiger partial charge in [0.2, 0.25) is 0 Å². The van der Waals surface area contributed by atoms with Crippen LogP contribution in [0.3, 0.4) is 0 Å². The number of nitrogen functional groups attached to an aromatic ring is 1. The average Bonchev–Trinajstić information content (AvgIpc) is 2.16. The van der Waals surface area contributed by atoms with E-state index in [0.29, 0.717) is 5.82 Å². The van der Waals surface area contributed by atoms with Gasteiger partial charge in [-0.1, -0.05) is 0 Å². The molecule has 1 heterocycles. The van der Waals surface area contributed by atoms with Crippen molar-refractivity contribution in [2.24, 2.45) is 5.84 Å². The molecule has 0 atom stereocenters. The third-order valence-corrected chi connectivity index (χ3v) is 3.25. The molecular weight excluding hydrogens is 196 g/mol. The molecule has 78 valence electrons. The fourth-order valence-electron chi connectivity index (χ4n) is 1.00. The smallest absolute Gasteiger partial charge is 0.146 e. The maximum absolute atomic E-state index is 5.33. The van der Waals surface area contributed by atoms with Crippen LogP contribution >= 0.6 is 11.8 Å². The van der Waals surface area contributed by atoms with Gasteiger partial charge in [-0.25, -0.2) is 15.8 Å². The van der Waals surface area contributed by atoms with Gasteiger partial charge in [0.1, 0.15) is 11.6 Å². The summed E-state index contributed by atoms with van der Waals surface area (Å²) >= 11 is 1.71. The number of nitrogens with one attached hydrogen (secondary N) is 1. The highest BCUT2D eigenvalue weighted by atomic mass is 32.2. The maximum Gasteiger partial charge on any atom is 0.146 e. The number of thioether (sulfide) groups is 1. The second-order valence-electron chi connectivity index (χ2n) is 3.58. The summed E-state index contributed by atoms with van der Waals surface area (Å²) in [5.41, 5.74) is 3.47. The van der Waals surface area contributed by atoms with Crippen LogP contribution in [-0.4, -0.2) is 16.2 Å². The van der Waals surface area contributed by atoms with Crippen LogP contribution in [0.15, 0.2) is 6.07 Å². The number of nitrogens with zero attached hydrogens (tertiary/aromatic N) is 2. The lowest BCUT2D eigenvalue weighted by molar-refractivity contribution is 0.705. The minimum absolute atomic E-state index is 0.0857. The van der Waals surface area contributed by atoms with E-state index in [2.05, 4.69) is 29.2 Å².